The molecule has 0 heterocycles. The number of rotatable bonds is 2. The Kier molecular flexibility index (Phi) is 3.27. The lowest BCUT2D eigenvalue weighted by Gasteiger charge is -2.04. The van der Waals surface area contributed by atoms with Crippen LogP contribution in [0.5, 0.6) is 5.75 Å². The van der Waals surface area contributed by atoms with Gasteiger partial charge in [0.05, 0.1) is 11.1 Å². The lowest BCUT2D eigenvalue weighted by molar-refractivity contribution is 0.338. The Balaban J connectivity index is 2.90. The van der Waals surface area contributed by atoms with E-state index in [1.54, 1.807) is 0 Å². The summed E-state index contributed by atoms with van der Waals surface area (Å²) in [5.74, 6) is 0.866. The highest BCUT2D eigenvalue weighted by molar-refractivity contribution is 9.10. The zero-order valence-corrected chi connectivity index (χ0v) is 8.65. The van der Waals surface area contributed by atoms with Crippen LogP contribution in [0.2, 0.25) is 0 Å². The number of hydrogen-bond acceptors (Lipinski definition) is 2. The first kappa shape index (κ1) is 8.94. The molecule has 0 aromatic heterocycles. The van der Waals surface area contributed by atoms with Crippen LogP contribution in [0, 0.1) is 0 Å². The largest absolute Gasteiger partial charge is 0.493 e. The van der Waals surface area contributed by atoms with Crippen molar-refractivity contribution in [2.45, 2.75) is 11.8 Å². The summed E-state index contributed by atoms with van der Waals surface area (Å²) in [5.41, 5.74) is 0. The molecule has 0 bridgehead atoms. The smallest absolute Gasteiger partial charge is 0.133 e. The van der Waals surface area contributed by atoms with Crippen molar-refractivity contribution in [1.82, 2.24) is 0 Å². The Labute approximate surface area is 80.3 Å². The molecule has 0 fully saturated rings. The third kappa shape index (κ3) is 2.42. The minimum atomic E-state index is 0.685. The molecule has 11 heavy (non-hydrogen) atoms. The maximum Gasteiger partial charge on any atom is 0.133 e. The quantitative estimate of drug-likeness (QED) is 0.772. The van der Waals surface area contributed by atoms with Crippen molar-refractivity contribution in [1.29, 1.82) is 0 Å². The molecule has 0 aliphatic carbocycles. The molecule has 0 saturated heterocycles. The monoisotopic (exact) mass is 232 g/mol. The first-order chi connectivity index (χ1) is 5.24. The molecule has 0 saturated carbocycles. The van der Waals surface area contributed by atoms with Gasteiger partial charge in [0.2, 0.25) is 0 Å². The first-order valence-electron chi connectivity index (χ1n) is 3.35. The van der Waals surface area contributed by atoms with Crippen molar-refractivity contribution in [3.63, 3.8) is 0 Å². The molecule has 1 rings (SSSR count). The molecular formula is C8H9BrOS. The zero-order valence-electron chi connectivity index (χ0n) is 6.17. The van der Waals surface area contributed by atoms with E-state index in [9.17, 15) is 0 Å². The molecule has 0 unspecified atom stereocenters. The molecule has 0 aliphatic rings. The molecule has 1 aromatic rings. The normalized spacial score (nSPS) is 9.73. The summed E-state index contributed by atoms with van der Waals surface area (Å²) < 4.78 is 6.26. The molecule has 60 valence electrons. The first-order valence-corrected chi connectivity index (χ1v) is 4.59. The maximum absolute atomic E-state index is 5.31. The number of benzene rings is 1. The standard InChI is InChI=1S/C8H9BrOS/c1-2-10-8-4-3-6(11)5-7(8)9/h3-5,11H,2H2,1H3. The van der Waals surface area contributed by atoms with Gasteiger partial charge in [-0.25, -0.2) is 0 Å². The molecule has 0 spiro atoms. The SMILES string of the molecule is CCOc1ccc(S)cc1Br. The highest BCUT2D eigenvalue weighted by Gasteiger charge is 1.98. The van der Waals surface area contributed by atoms with Crippen molar-refractivity contribution in [3.8, 4) is 5.75 Å². The van der Waals surface area contributed by atoms with Gasteiger partial charge in [-0.3, -0.25) is 0 Å². The van der Waals surface area contributed by atoms with Crippen LogP contribution in [0.1, 0.15) is 6.92 Å². The van der Waals surface area contributed by atoms with Crippen LogP contribution in [0.3, 0.4) is 0 Å². The summed E-state index contributed by atoms with van der Waals surface area (Å²) in [7, 11) is 0. The van der Waals surface area contributed by atoms with Gasteiger partial charge in [-0.15, -0.1) is 12.6 Å². The van der Waals surface area contributed by atoms with Crippen molar-refractivity contribution < 1.29 is 4.74 Å². The highest BCUT2D eigenvalue weighted by Crippen LogP contribution is 2.26. The van der Waals surface area contributed by atoms with E-state index < -0.39 is 0 Å². The fraction of sp³-hybridized carbons (Fsp3) is 0.250. The fourth-order valence-corrected chi connectivity index (χ4v) is 1.64. The van der Waals surface area contributed by atoms with Crippen molar-refractivity contribution in [2.24, 2.45) is 0 Å². The number of ether oxygens (including phenoxy) is 1. The highest BCUT2D eigenvalue weighted by atomic mass is 79.9. The van der Waals surface area contributed by atoms with Gasteiger partial charge in [-0.2, -0.15) is 0 Å². The van der Waals surface area contributed by atoms with Crippen LogP contribution in [-0.2, 0) is 0 Å². The van der Waals surface area contributed by atoms with E-state index in [2.05, 4.69) is 28.6 Å². The summed E-state index contributed by atoms with van der Waals surface area (Å²) in [5, 5.41) is 0. The van der Waals surface area contributed by atoms with E-state index in [1.165, 1.54) is 0 Å². The minimum absolute atomic E-state index is 0.685. The molecule has 0 amide bonds. The predicted octanol–water partition coefficient (Wildman–Crippen LogP) is 3.14. The third-order valence-electron chi connectivity index (χ3n) is 1.22. The zero-order chi connectivity index (χ0) is 8.27. The topological polar surface area (TPSA) is 9.23 Å². The van der Waals surface area contributed by atoms with E-state index in [-0.39, 0.29) is 0 Å². The minimum Gasteiger partial charge on any atom is -0.493 e. The van der Waals surface area contributed by atoms with Gasteiger partial charge >= 0.3 is 0 Å². The maximum atomic E-state index is 5.31. The average Bonchev–Trinajstić information content (AvgIpc) is 1.95. The summed E-state index contributed by atoms with van der Waals surface area (Å²) >= 11 is 7.56. The van der Waals surface area contributed by atoms with Crippen LogP contribution in [0.4, 0.5) is 0 Å². The van der Waals surface area contributed by atoms with Gasteiger partial charge < -0.3 is 4.74 Å². The summed E-state index contributed by atoms with van der Waals surface area (Å²) in [6, 6.07) is 5.71. The van der Waals surface area contributed by atoms with Crippen molar-refractivity contribution in [3.05, 3.63) is 22.7 Å². The second-order valence-corrected chi connectivity index (χ2v) is 3.42. The van der Waals surface area contributed by atoms with Crippen LogP contribution in [0.25, 0.3) is 0 Å². The van der Waals surface area contributed by atoms with Crippen molar-refractivity contribution >= 4 is 28.6 Å². The number of halogens is 1. The van der Waals surface area contributed by atoms with Gasteiger partial charge in [0.1, 0.15) is 5.75 Å². The third-order valence-corrected chi connectivity index (χ3v) is 2.11. The molecular weight excluding hydrogens is 224 g/mol. The number of hydrogen-bond donors (Lipinski definition) is 1. The van der Waals surface area contributed by atoms with E-state index in [0.717, 1.165) is 15.1 Å². The second kappa shape index (κ2) is 4.02. The Morgan fingerprint density at radius 2 is 2.27 bits per heavy atom. The van der Waals surface area contributed by atoms with Crippen LogP contribution in [-0.4, -0.2) is 6.61 Å². The van der Waals surface area contributed by atoms with Crippen molar-refractivity contribution in [2.75, 3.05) is 6.61 Å². The summed E-state index contributed by atoms with van der Waals surface area (Å²) in [4.78, 5) is 0.931. The molecule has 0 radical (unpaired) electrons. The molecule has 0 N–H and O–H groups in total. The second-order valence-electron chi connectivity index (χ2n) is 2.05. The van der Waals surface area contributed by atoms with Gasteiger partial charge in [0, 0.05) is 4.90 Å². The molecule has 1 nitrogen and oxygen atoms in total. The molecule has 0 aliphatic heterocycles. The lowest BCUT2D eigenvalue weighted by Crippen LogP contribution is -1.91. The van der Waals surface area contributed by atoms with Gasteiger partial charge in [-0.05, 0) is 41.1 Å². The Morgan fingerprint density at radius 1 is 1.55 bits per heavy atom. The van der Waals surface area contributed by atoms with Gasteiger partial charge in [0.15, 0.2) is 0 Å². The molecule has 3 heteroatoms. The van der Waals surface area contributed by atoms with E-state index in [0.29, 0.717) is 6.61 Å². The van der Waals surface area contributed by atoms with E-state index in [4.69, 9.17) is 4.74 Å². The van der Waals surface area contributed by atoms with E-state index >= 15 is 0 Å². The average molecular weight is 233 g/mol. The summed E-state index contributed by atoms with van der Waals surface area (Å²) in [6.45, 7) is 2.64. The van der Waals surface area contributed by atoms with Gasteiger partial charge in [-0.1, -0.05) is 0 Å². The van der Waals surface area contributed by atoms with Crippen LogP contribution < -0.4 is 4.74 Å². The van der Waals surface area contributed by atoms with Crippen LogP contribution >= 0.6 is 28.6 Å². The molecule has 0 atom stereocenters. The predicted molar refractivity (Wildman–Crippen MR) is 52.6 cm³/mol. The Bertz CT molecular complexity index is 250. The number of thiol groups is 1. The Hall–Kier alpha value is -0.150. The van der Waals surface area contributed by atoms with E-state index in [1.807, 2.05) is 25.1 Å². The molecule has 1 aromatic carbocycles. The van der Waals surface area contributed by atoms with Gasteiger partial charge in [0.25, 0.3) is 0 Å². The fourth-order valence-electron chi connectivity index (χ4n) is 0.762. The lowest BCUT2D eigenvalue weighted by atomic mass is 10.3. The Morgan fingerprint density at radius 3 is 2.82 bits per heavy atom. The summed E-state index contributed by atoms with van der Waals surface area (Å²) in [6.07, 6.45) is 0. The van der Waals surface area contributed by atoms with Crippen LogP contribution in [0.15, 0.2) is 27.6 Å².